The minimum absolute atomic E-state index is 0.0839. The predicted octanol–water partition coefficient (Wildman–Crippen LogP) is 4.38. The zero-order chi connectivity index (χ0) is 18.5. The van der Waals surface area contributed by atoms with Gasteiger partial charge in [0.15, 0.2) is 0 Å². The monoisotopic (exact) mass is 412 g/mol. The van der Waals surface area contributed by atoms with E-state index in [0.29, 0.717) is 13.1 Å². The first-order chi connectivity index (χ1) is 11.7. The van der Waals surface area contributed by atoms with Crippen LogP contribution in [0.3, 0.4) is 0 Å². The second-order valence-corrected chi connectivity index (χ2v) is 8.51. The summed E-state index contributed by atoms with van der Waals surface area (Å²) >= 11 is 3.60. The van der Waals surface area contributed by atoms with Crippen molar-refractivity contribution in [1.82, 2.24) is 10.6 Å². The van der Waals surface area contributed by atoms with Gasteiger partial charge in [-0.05, 0) is 57.4 Å². The average Bonchev–Trinajstić information content (AvgIpc) is 3.00. The normalized spacial score (nSPS) is 16.5. The van der Waals surface area contributed by atoms with Gasteiger partial charge < -0.3 is 20.1 Å². The van der Waals surface area contributed by atoms with E-state index in [-0.39, 0.29) is 11.6 Å². The van der Waals surface area contributed by atoms with E-state index in [9.17, 15) is 4.79 Å². The molecule has 0 aromatic heterocycles. The highest BCUT2D eigenvalue weighted by Crippen LogP contribution is 2.31. The van der Waals surface area contributed by atoms with E-state index in [1.165, 1.54) is 12.8 Å². The van der Waals surface area contributed by atoms with Gasteiger partial charge in [0.2, 0.25) is 0 Å². The molecule has 1 amide bonds. The summed E-state index contributed by atoms with van der Waals surface area (Å²) in [6.07, 6.45) is 4.07. The lowest BCUT2D eigenvalue weighted by Crippen LogP contribution is -2.52. The van der Waals surface area contributed by atoms with Crippen molar-refractivity contribution in [3.05, 3.63) is 28.2 Å². The van der Waals surface area contributed by atoms with E-state index < -0.39 is 5.60 Å². The molecule has 0 saturated heterocycles. The first-order valence-electron chi connectivity index (χ1n) is 8.77. The molecule has 1 aromatic rings. The van der Waals surface area contributed by atoms with Crippen LogP contribution in [0.5, 0.6) is 5.75 Å². The van der Waals surface area contributed by atoms with Gasteiger partial charge >= 0.3 is 6.09 Å². The number of hydrogen-bond acceptors (Lipinski definition) is 4. The molecule has 0 heterocycles. The summed E-state index contributed by atoms with van der Waals surface area (Å²) in [4.78, 5) is 12.0. The maximum absolute atomic E-state index is 12.0. The van der Waals surface area contributed by atoms with Crippen LogP contribution < -0.4 is 15.4 Å². The van der Waals surface area contributed by atoms with Crippen molar-refractivity contribution in [2.75, 3.05) is 13.7 Å². The summed E-state index contributed by atoms with van der Waals surface area (Å²) in [5.74, 6) is 0.840. The standard InChI is InChI=1S/C19H29BrN2O3/c1-18(2,3)25-17(23)21-13-19(9-5-6-10-19)22-12-14-11-15(24-4)7-8-16(14)20/h7-8,11,22H,5-6,9-10,12-13H2,1-4H3,(H,21,23). The molecule has 1 aliphatic carbocycles. The second kappa shape index (κ2) is 8.41. The predicted molar refractivity (Wildman–Crippen MR) is 103 cm³/mol. The molecule has 1 aromatic carbocycles. The highest BCUT2D eigenvalue weighted by atomic mass is 79.9. The maximum Gasteiger partial charge on any atom is 0.407 e. The summed E-state index contributed by atoms with van der Waals surface area (Å²) in [7, 11) is 1.67. The first-order valence-corrected chi connectivity index (χ1v) is 9.57. The summed E-state index contributed by atoms with van der Waals surface area (Å²) in [5.41, 5.74) is 0.577. The first kappa shape index (κ1) is 20.0. The van der Waals surface area contributed by atoms with Gasteiger partial charge in [-0.2, -0.15) is 0 Å². The topological polar surface area (TPSA) is 59.6 Å². The third kappa shape index (κ3) is 6.19. The molecule has 2 N–H and O–H groups in total. The van der Waals surface area contributed by atoms with Crippen LogP contribution in [-0.4, -0.2) is 30.9 Å². The van der Waals surface area contributed by atoms with Crippen molar-refractivity contribution in [3.63, 3.8) is 0 Å². The number of amides is 1. The number of benzene rings is 1. The Bertz CT molecular complexity index is 593. The lowest BCUT2D eigenvalue weighted by atomic mass is 9.97. The fourth-order valence-corrected chi connectivity index (χ4v) is 3.51. The molecule has 0 radical (unpaired) electrons. The smallest absolute Gasteiger partial charge is 0.407 e. The second-order valence-electron chi connectivity index (χ2n) is 7.65. The zero-order valence-electron chi connectivity index (χ0n) is 15.6. The number of carbonyl (C=O) groups is 1. The number of ether oxygens (including phenoxy) is 2. The SMILES string of the molecule is COc1ccc(Br)c(CNC2(CNC(=O)OC(C)(C)C)CCCC2)c1. The van der Waals surface area contributed by atoms with Gasteiger partial charge in [0.05, 0.1) is 7.11 Å². The molecule has 6 heteroatoms. The van der Waals surface area contributed by atoms with Crippen LogP contribution in [0.1, 0.15) is 52.0 Å². The Balaban J connectivity index is 1.97. The Morgan fingerprint density at radius 3 is 2.56 bits per heavy atom. The highest BCUT2D eigenvalue weighted by Gasteiger charge is 2.34. The van der Waals surface area contributed by atoms with E-state index in [1.807, 2.05) is 39.0 Å². The Morgan fingerprint density at radius 1 is 1.28 bits per heavy atom. The molecule has 5 nitrogen and oxygen atoms in total. The Labute approximate surface area is 159 Å². The van der Waals surface area contributed by atoms with Crippen molar-refractivity contribution >= 4 is 22.0 Å². The molecular formula is C19H29BrN2O3. The van der Waals surface area contributed by atoms with E-state index in [0.717, 1.165) is 28.6 Å². The molecule has 0 spiro atoms. The van der Waals surface area contributed by atoms with Crippen molar-refractivity contribution in [2.24, 2.45) is 0 Å². The van der Waals surface area contributed by atoms with E-state index in [1.54, 1.807) is 7.11 Å². The summed E-state index contributed by atoms with van der Waals surface area (Å²) in [5, 5.41) is 6.60. The molecule has 0 bridgehead atoms. The third-order valence-corrected chi connectivity index (χ3v) is 5.21. The van der Waals surface area contributed by atoms with Crippen LogP contribution in [0.4, 0.5) is 4.79 Å². The van der Waals surface area contributed by atoms with Crippen molar-refractivity contribution in [1.29, 1.82) is 0 Å². The number of halogens is 1. The molecule has 25 heavy (non-hydrogen) atoms. The number of alkyl carbamates (subject to hydrolysis) is 1. The fourth-order valence-electron chi connectivity index (χ4n) is 3.12. The number of rotatable bonds is 6. The van der Waals surface area contributed by atoms with E-state index in [4.69, 9.17) is 9.47 Å². The third-order valence-electron chi connectivity index (χ3n) is 4.44. The number of hydrogen-bond donors (Lipinski definition) is 2. The van der Waals surface area contributed by atoms with Crippen LogP contribution in [0.2, 0.25) is 0 Å². The molecule has 2 rings (SSSR count). The Morgan fingerprint density at radius 2 is 1.96 bits per heavy atom. The molecule has 0 aliphatic heterocycles. The Hall–Kier alpha value is -1.27. The van der Waals surface area contributed by atoms with Gasteiger partial charge in [-0.3, -0.25) is 0 Å². The van der Waals surface area contributed by atoms with Crippen LogP contribution in [0.25, 0.3) is 0 Å². The van der Waals surface area contributed by atoms with Crippen LogP contribution in [0.15, 0.2) is 22.7 Å². The number of methoxy groups -OCH3 is 1. The number of carbonyl (C=O) groups excluding carboxylic acids is 1. The molecule has 1 aliphatic rings. The number of nitrogens with one attached hydrogen (secondary N) is 2. The zero-order valence-corrected chi connectivity index (χ0v) is 17.2. The highest BCUT2D eigenvalue weighted by molar-refractivity contribution is 9.10. The largest absolute Gasteiger partial charge is 0.497 e. The lowest BCUT2D eigenvalue weighted by Gasteiger charge is -2.31. The Kier molecular flexibility index (Phi) is 6.74. The molecule has 0 unspecified atom stereocenters. The van der Waals surface area contributed by atoms with Crippen LogP contribution in [-0.2, 0) is 11.3 Å². The van der Waals surface area contributed by atoms with E-state index >= 15 is 0 Å². The lowest BCUT2D eigenvalue weighted by molar-refractivity contribution is 0.0509. The minimum Gasteiger partial charge on any atom is -0.497 e. The average molecular weight is 413 g/mol. The van der Waals surface area contributed by atoms with Gasteiger partial charge in [0.25, 0.3) is 0 Å². The van der Waals surface area contributed by atoms with Crippen molar-refractivity contribution in [3.8, 4) is 5.75 Å². The molecular weight excluding hydrogens is 384 g/mol. The molecule has 0 atom stereocenters. The maximum atomic E-state index is 12.0. The molecule has 1 saturated carbocycles. The molecule has 1 fully saturated rings. The van der Waals surface area contributed by atoms with Crippen LogP contribution in [0, 0.1) is 0 Å². The fraction of sp³-hybridized carbons (Fsp3) is 0.632. The van der Waals surface area contributed by atoms with E-state index in [2.05, 4.69) is 26.6 Å². The van der Waals surface area contributed by atoms with Gasteiger partial charge in [-0.25, -0.2) is 4.79 Å². The molecule has 140 valence electrons. The quantitative estimate of drug-likeness (QED) is 0.727. The summed E-state index contributed by atoms with van der Waals surface area (Å²) < 4.78 is 11.7. The van der Waals surface area contributed by atoms with Crippen LogP contribution >= 0.6 is 15.9 Å². The van der Waals surface area contributed by atoms with Crippen molar-refractivity contribution < 1.29 is 14.3 Å². The van der Waals surface area contributed by atoms with Gasteiger partial charge in [0, 0.05) is 23.1 Å². The van der Waals surface area contributed by atoms with Gasteiger partial charge in [0.1, 0.15) is 11.4 Å². The minimum atomic E-state index is -0.480. The summed E-state index contributed by atoms with van der Waals surface area (Å²) in [6, 6.07) is 5.96. The summed E-state index contributed by atoms with van der Waals surface area (Å²) in [6.45, 7) is 6.90. The van der Waals surface area contributed by atoms with Gasteiger partial charge in [-0.1, -0.05) is 28.8 Å². The van der Waals surface area contributed by atoms with Gasteiger partial charge in [-0.15, -0.1) is 0 Å². The van der Waals surface area contributed by atoms with Crippen molar-refractivity contribution in [2.45, 2.75) is 64.1 Å².